The summed E-state index contributed by atoms with van der Waals surface area (Å²) in [5.74, 6) is 1.89. The maximum absolute atomic E-state index is 10.7. The molecule has 38 heavy (non-hydrogen) atoms. The fourth-order valence-corrected chi connectivity index (χ4v) is 5.06. The lowest BCUT2D eigenvalue weighted by Crippen LogP contribution is -2.64. The largest absolute Gasteiger partial charge is 0.394 e. The molecule has 2 aliphatic rings. The van der Waals surface area contributed by atoms with Crippen LogP contribution in [0.3, 0.4) is 0 Å². The maximum atomic E-state index is 10.7. The molecular formula is C27H52O11. The first-order valence-corrected chi connectivity index (χ1v) is 14.2. The zero-order chi connectivity index (χ0) is 28.4. The summed E-state index contributed by atoms with van der Waals surface area (Å²) < 4.78 is 22.2. The van der Waals surface area contributed by atoms with Crippen LogP contribution in [0.5, 0.6) is 0 Å². The molecule has 0 aromatic carbocycles. The number of aliphatic hydroxyl groups excluding tert-OH is 7. The van der Waals surface area contributed by atoms with Crippen molar-refractivity contribution in [3.63, 3.8) is 0 Å². The van der Waals surface area contributed by atoms with Crippen LogP contribution < -0.4 is 0 Å². The van der Waals surface area contributed by atoms with E-state index in [4.69, 9.17) is 18.9 Å². The van der Waals surface area contributed by atoms with Gasteiger partial charge in [-0.2, -0.15) is 0 Å². The third kappa shape index (κ3) is 9.88. The lowest BCUT2D eigenvalue weighted by atomic mass is 9.93. The summed E-state index contributed by atoms with van der Waals surface area (Å²) in [4.78, 5) is 0. The van der Waals surface area contributed by atoms with Crippen molar-refractivity contribution in [1.29, 1.82) is 0 Å². The van der Waals surface area contributed by atoms with Gasteiger partial charge in [-0.15, -0.1) is 0 Å². The monoisotopic (exact) mass is 552 g/mol. The minimum absolute atomic E-state index is 0.302. The van der Waals surface area contributed by atoms with E-state index in [1.165, 1.54) is 25.7 Å². The lowest BCUT2D eigenvalue weighted by molar-refractivity contribution is -0.359. The van der Waals surface area contributed by atoms with E-state index in [0.29, 0.717) is 12.5 Å². The maximum Gasteiger partial charge on any atom is 0.187 e. The van der Waals surface area contributed by atoms with Crippen LogP contribution in [-0.4, -0.2) is 117 Å². The molecule has 2 rings (SSSR count). The van der Waals surface area contributed by atoms with Crippen LogP contribution in [-0.2, 0) is 18.9 Å². The fourth-order valence-electron chi connectivity index (χ4n) is 5.06. The Kier molecular flexibility index (Phi) is 14.9. The summed E-state index contributed by atoms with van der Waals surface area (Å²) >= 11 is 0. The van der Waals surface area contributed by atoms with Gasteiger partial charge < -0.3 is 54.7 Å². The van der Waals surface area contributed by atoms with Gasteiger partial charge in [0.25, 0.3) is 0 Å². The molecule has 2 aliphatic heterocycles. The lowest BCUT2D eigenvalue weighted by Gasteiger charge is -2.46. The van der Waals surface area contributed by atoms with Gasteiger partial charge in [0.1, 0.15) is 48.8 Å². The Hall–Kier alpha value is -0.440. The first-order chi connectivity index (χ1) is 18.0. The van der Waals surface area contributed by atoms with Gasteiger partial charge >= 0.3 is 0 Å². The van der Waals surface area contributed by atoms with Gasteiger partial charge in [0.15, 0.2) is 12.6 Å². The molecule has 0 aromatic rings. The third-order valence-corrected chi connectivity index (χ3v) is 7.73. The van der Waals surface area contributed by atoms with Crippen molar-refractivity contribution in [3.8, 4) is 0 Å². The minimum Gasteiger partial charge on any atom is -0.394 e. The fraction of sp³-hybridized carbons (Fsp3) is 1.00. The van der Waals surface area contributed by atoms with Crippen molar-refractivity contribution in [1.82, 2.24) is 0 Å². The molecule has 11 nitrogen and oxygen atoms in total. The van der Waals surface area contributed by atoms with E-state index < -0.39 is 74.6 Å². The van der Waals surface area contributed by atoms with Gasteiger partial charge in [0.05, 0.1) is 19.8 Å². The van der Waals surface area contributed by atoms with Gasteiger partial charge in [-0.25, -0.2) is 0 Å². The number of aliphatic hydroxyl groups is 7. The van der Waals surface area contributed by atoms with Gasteiger partial charge in [-0.05, 0) is 24.2 Å². The summed E-state index contributed by atoms with van der Waals surface area (Å²) in [7, 11) is 0. The number of hydrogen-bond acceptors (Lipinski definition) is 11. The molecule has 12 atom stereocenters. The zero-order valence-corrected chi connectivity index (χ0v) is 23.3. The van der Waals surface area contributed by atoms with E-state index in [0.717, 1.165) is 31.1 Å². The third-order valence-electron chi connectivity index (χ3n) is 7.73. The van der Waals surface area contributed by atoms with Crippen molar-refractivity contribution in [2.75, 3.05) is 19.8 Å². The predicted octanol–water partition coefficient (Wildman–Crippen LogP) is 0.286. The van der Waals surface area contributed by atoms with Crippen molar-refractivity contribution < 1.29 is 54.7 Å². The summed E-state index contributed by atoms with van der Waals surface area (Å²) in [5.41, 5.74) is 0. The molecular weight excluding hydrogens is 500 g/mol. The molecule has 2 heterocycles. The van der Waals surface area contributed by atoms with Gasteiger partial charge in [0.2, 0.25) is 0 Å². The molecule has 226 valence electrons. The van der Waals surface area contributed by atoms with Crippen LogP contribution in [0.2, 0.25) is 0 Å². The van der Waals surface area contributed by atoms with Crippen molar-refractivity contribution in [2.45, 2.75) is 134 Å². The number of ether oxygens (including phenoxy) is 4. The molecule has 7 N–H and O–H groups in total. The number of rotatable bonds is 16. The van der Waals surface area contributed by atoms with E-state index in [9.17, 15) is 35.7 Å². The molecule has 0 saturated carbocycles. The minimum atomic E-state index is -1.70. The highest BCUT2D eigenvalue weighted by atomic mass is 16.7. The Morgan fingerprint density at radius 1 is 0.605 bits per heavy atom. The Morgan fingerprint density at radius 2 is 1.13 bits per heavy atom. The first-order valence-electron chi connectivity index (χ1n) is 14.2. The van der Waals surface area contributed by atoms with E-state index in [1.807, 2.05) is 0 Å². The second kappa shape index (κ2) is 16.7. The standard InChI is InChI=1S/C27H52O11/c1-15(2)7-5-8-16(3)9-6-10-17(4)11-12-35-26-24(34)22(32)25(19(14-29)37-26)38-27-23(33)21(31)20(30)18(13-28)36-27/h15-34H,5-14H2,1-4H3/t16?,17?,18-,19-,20-,21+,22-,23-,24-,25-,26?,27-/m1/s1. The first kappa shape index (κ1) is 33.8. The molecule has 0 amide bonds. The van der Waals surface area contributed by atoms with Crippen LogP contribution >= 0.6 is 0 Å². The SMILES string of the molecule is CC(C)CCCC(C)CCCC(C)CCOC1O[C@H](CO)[C@@H](O[C@H]2O[C@H](CO)[C@@H](O)[C@H](O)[C@H]2O)[C@H](O)[C@H]1O. The molecule has 0 bridgehead atoms. The summed E-state index contributed by atoms with van der Waals surface area (Å²) in [5, 5.41) is 70.6. The quantitative estimate of drug-likeness (QED) is 0.140. The molecule has 3 unspecified atom stereocenters. The summed E-state index contributed by atoms with van der Waals surface area (Å²) in [6, 6.07) is 0. The van der Waals surface area contributed by atoms with Crippen molar-refractivity contribution in [3.05, 3.63) is 0 Å². The van der Waals surface area contributed by atoms with Crippen molar-refractivity contribution >= 4 is 0 Å². The van der Waals surface area contributed by atoms with Crippen LogP contribution in [0.4, 0.5) is 0 Å². The highest BCUT2D eigenvalue weighted by molar-refractivity contribution is 4.94. The molecule has 0 aliphatic carbocycles. The normalized spacial score (nSPS) is 37.9. The molecule has 2 fully saturated rings. The molecule has 0 radical (unpaired) electrons. The van der Waals surface area contributed by atoms with Crippen molar-refractivity contribution in [2.24, 2.45) is 17.8 Å². The second-order valence-electron chi connectivity index (χ2n) is 11.6. The Morgan fingerprint density at radius 3 is 1.71 bits per heavy atom. The highest BCUT2D eigenvalue weighted by Gasteiger charge is 2.50. The summed E-state index contributed by atoms with van der Waals surface area (Å²) in [6.07, 6.45) is -6.42. The zero-order valence-electron chi connectivity index (χ0n) is 23.3. The van der Waals surface area contributed by atoms with Crippen LogP contribution in [0.1, 0.15) is 72.6 Å². The Labute approximate surface area is 226 Å². The molecule has 11 heteroatoms. The van der Waals surface area contributed by atoms with E-state index in [-0.39, 0.29) is 0 Å². The van der Waals surface area contributed by atoms with E-state index >= 15 is 0 Å². The highest BCUT2D eigenvalue weighted by Crippen LogP contribution is 2.30. The summed E-state index contributed by atoms with van der Waals surface area (Å²) in [6.45, 7) is 8.05. The van der Waals surface area contributed by atoms with E-state index in [1.54, 1.807) is 0 Å². The predicted molar refractivity (Wildman–Crippen MR) is 138 cm³/mol. The number of hydrogen-bond donors (Lipinski definition) is 7. The second-order valence-corrected chi connectivity index (χ2v) is 11.6. The average molecular weight is 553 g/mol. The Balaban J connectivity index is 1.78. The Bertz CT molecular complexity index is 634. The van der Waals surface area contributed by atoms with Crippen LogP contribution in [0, 0.1) is 17.8 Å². The van der Waals surface area contributed by atoms with Gasteiger partial charge in [-0.1, -0.05) is 66.2 Å². The molecule has 2 saturated heterocycles. The van der Waals surface area contributed by atoms with Crippen LogP contribution in [0.25, 0.3) is 0 Å². The topological polar surface area (TPSA) is 179 Å². The smallest absolute Gasteiger partial charge is 0.187 e. The van der Waals surface area contributed by atoms with Crippen LogP contribution in [0.15, 0.2) is 0 Å². The van der Waals surface area contributed by atoms with Gasteiger partial charge in [-0.3, -0.25) is 0 Å². The average Bonchev–Trinajstić information content (AvgIpc) is 2.87. The van der Waals surface area contributed by atoms with Gasteiger partial charge in [0, 0.05) is 0 Å². The molecule has 0 aromatic heterocycles. The molecule has 0 spiro atoms. The van der Waals surface area contributed by atoms with E-state index in [2.05, 4.69) is 27.7 Å².